The van der Waals surface area contributed by atoms with Crippen LogP contribution in [0.2, 0.25) is 0 Å². The van der Waals surface area contributed by atoms with Gasteiger partial charge in [-0.05, 0) is 43.4 Å². The van der Waals surface area contributed by atoms with Crippen LogP contribution < -0.4 is 0 Å². The number of rotatable bonds is 0. The molecule has 1 heterocycles. The van der Waals surface area contributed by atoms with Gasteiger partial charge in [-0.15, -0.1) is 0 Å². The second-order valence-electron chi connectivity index (χ2n) is 5.41. The minimum Gasteiger partial charge on any atom is -0.253 e. The van der Waals surface area contributed by atoms with E-state index in [1.165, 1.54) is 67.1 Å². The normalized spacial score (nSPS) is 17.3. The second kappa shape index (κ2) is 5.51. The van der Waals surface area contributed by atoms with E-state index >= 15 is 0 Å². The summed E-state index contributed by atoms with van der Waals surface area (Å²) < 4.78 is 0. The number of fused-ring (bicyclic) bond motifs is 4. The first-order valence-electron chi connectivity index (χ1n) is 7.31. The standard InChI is InChI=1S/C17H21N/c1-2-4-6-10-15-13-14(9-5-3-1)16-11-7-8-12-17(16)18-15/h7-8,11-13H,1-6,9-10H2. The lowest BCUT2D eigenvalue weighted by molar-refractivity contribution is 0.597. The Morgan fingerprint density at radius 3 is 2.39 bits per heavy atom. The Labute approximate surface area is 109 Å². The van der Waals surface area contributed by atoms with Crippen LogP contribution in [0.25, 0.3) is 10.9 Å². The average Bonchev–Trinajstić information content (AvgIpc) is 2.44. The van der Waals surface area contributed by atoms with E-state index in [0.717, 1.165) is 6.42 Å². The van der Waals surface area contributed by atoms with Gasteiger partial charge in [0.2, 0.25) is 0 Å². The van der Waals surface area contributed by atoms with Crippen molar-refractivity contribution < 1.29 is 0 Å². The van der Waals surface area contributed by atoms with Gasteiger partial charge in [-0.25, -0.2) is 0 Å². The number of aryl methyl sites for hydroxylation is 2. The van der Waals surface area contributed by atoms with E-state index < -0.39 is 0 Å². The lowest BCUT2D eigenvalue weighted by Gasteiger charge is -2.08. The van der Waals surface area contributed by atoms with Crippen molar-refractivity contribution in [3.05, 3.63) is 41.6 Å². The molecule has 18 heavy (non-hydrogen) atoms. The van der Waals surface area contributed by atoms with Gasteiger partial charge in [-0.3, -0.25) is 4.98 Å². The number of para-hydroxylation sites is 1. The SMILES string of the molecule is c1ccc2c3cc(nc2c1)CCCCCCCC3. The molecule has 0 N–H and O–H groups in total. The van der Waals surface area contributed by atoms with E-state index in [9.17, 15) is 0 Å². The second-order valence-corrected chi connectivity index (χ2v) is 5.41. The third kappa shape index (κ3) is 2.55. The molecule has 0 amide bonds. The summed E-state index contributed by atoms with van der Waals surface area (Å²) in [7, 11) is 0. The minimum atomic E-state index is 1.15. The monoisotopic (exact) mass is 239 g/mol. The number of aromatic nitrogens is 1. The minimum absolute atomic E-state index is 1.15. The Kier molecular flexibility index (Phi) is 3.59. The smallest absolute Gasteiger partial charge is 0.0708 e. The molecule has 1 nitrogen and oxygen atoms in total. The number of hydrogen-bond acceptors (Lipinski definition) is 1. The molecule has 2 bridgehead atoms. The van der Waals surface area contributed by atoms with Crippen molar-refractivity contribution in [3.63, 3.8) is 0 Å². The van der Waals surface area contributed by atoms with E-state index in [1.807, 2.05) is 0 Å². The van der Waals surface area contributed by atoms with E-state index in [2.05, 4.69) is 30.3 Å². The molecular formula is C17H21N. The Bertz CT molecular complexity index is 530. The summed E-state index contributed by atoms with van der Waals surface area (Å²) in [5.74, 6) is 0. The van der Waals surface area contributed by atoms with Crippen LogP contribution in [-0.2, 0) is 12.8 Å². The Morgan fingerprint density at radius 1 is 0.778 bits per heavy atom. The zero-order chi connectivity index (χ0) is 12.2. The zero-order valence-corrected chi connectivity index (χ0v) is 11.0. The molecular weight excluding hydrogens is 218 g/mol. The van der Waals surface area contributed by atoms with Crippen molar-refractivity contribution >= 4 is 10.9 Å². The molecule has 94 valence electrons. The van der Waals surface area contributed by atoms with E-state index in [4.69, 9.17) is 4.98 Å². The molecule has 1 aromatic heterocycles. The zero-order valence-electron chi connectivity index (χ0n) is 11.0. The molecule has 0 saturated heterocycles. The van der Waals surface area contributed by atoms with Gasteiger partial charge in [0.1, 0.15) is 0 Å². The fraction of sp³-hybridized carbons (Fsp3) is 0.471. The predicted molar refractivity (Wildman–Crippen MR) is 76.9 cm³/mol. The van der Waals surface area contributed by atoms with Crippen LogP contribution in [0.1, 0.15) is 49.8 Å². The molecule has 2 aromatic rings. The lowest BCUT2D eigenvalue weighted by Crippen LogP contribution is -1.96. The number of nitrogens with zero attached hydrogens (tertiary/aromatic N) is 1. The summed E-state index contributed by atoms with van der Waals surface area (Å²) in [6, 6.07) is 11.0. The molecule has 3 rings (SSSR count). The van der Waals surface area contributed by atoms with Crippen molar-refractivity contribution in [2.75, 3.05) is 0 Å². The first-order valence-corrected chi connectivity index (χ1v) is 7.31. The number of pyridine rings is 1. The topological polar surface area (TPSA) is 12.9 Å². The maximum atomic E-state index is 4.81. The molecule has 1 aliphatic carbocycles. The van der Waals surface area contributed by atoms with Crippen LogP contribution >= 0.6 is 0 Å². The van der Waals surface area contributed by atoms with E-state index in [0.29, 0.717) is 0 Å². The van der Waals surface area contributed by atoms with Gasteiger partial charge in [0.05, 0.1) is 5.52 Å². The molecule has 0 saturated carbocycles. The average molecular weight is 239 g/mol. The van der Waals surface area contributed by atoms with Gasteiger partial charge < -0.3 is 0 Å². The number of hydrogen-bond donors (Lipinski definition) is 0. The van der Waals surface area contributed by atoms with Gasteiger partial charge in [-0.1, -0.05) is 43.9 Å². The van der Waals surface area contributed by atoms with Gasteiger partial charge in [-0.2, -0.15) is 0 Å². The highest BCUT2D eigenvalue weighted by Gasteiger charge is 2.07. The molecule has 1 aliphatic rings. The Balaban J connectivity index is 2.02. The Hall–Kier alpha value is -1.37. The van der Waals surface area contributed by atoms with Crippen LogP contribution in [0.5, 0.6) is 0 Å². The first kappa shape index (κ1) is 11.7. The maximum Gasteiger partial charge on any atom is 0.0708 e. The summed E-state index contributed by atoms with van der Waals surface area (Å²) in [6.45, 7) is 0. The van der Waals surface area contributed by atoms with Crippen LogP contribution in [-0.4, -0.2) is 4.98 Å². The summed E-state index contributed by atoms with van der Waals surface area (Å²) >= 11 is 0. The summed E-state index contributed by atoms with van der Waals surface area (Å²) in [6.07, 6.45) is 10.5. The highest BCUT2D eigenvalue weighted by molar-refractivity contribution is 5.82. The fourth-order valence-electron chi connectivity index (χ4n) is 2.97. The van der Waals surface area contributed by atoms with Crippen LogP contribution in [0.3, 0.4) is 0 Å². The molecule has 0 radical (unpaired) electrons. The Morgan fingerprint density at radius 2 is 1.50 bits per heavy atom. The van der Waals surface area contributed by atoms with Crippen molar-refractivity contribution in [1.29, 1.82) is 0 Å². The molecule has 0 spiro atoms. The van der Waals surface area contributed by atoms with Crippen LogP contribution in [0, 0.1) is 0 Å². The van der Waals surface area contributed by atoms with E-state index in [-0.39, 0.29) is 0 Å². The highest BCUT2D eigenvalue weighted by atomic mass is 14.7. The van der Waals surface area contributed by atoms with Crippen LogP contribution in [0.4, 0.5) is 0 Å². The van der Waals surface area contributed by atoms with Crippen molar-refractivity contribution in [1.82, 2.24) is 4.98 Å². The van der Waals surface area contributed by atoms with Gasteiger partial charge in [0, 0.05) is 11.1 Å². The molecule has 0 fully saturated rings. The van der Waals surface area contributed by atoms with Crippen LogP contribution in [0.15, 0.2) is 30.3 Å². The molecule has 1 aromatic carbocycles. The van der Waals surface area contributed by atoms with Crippen molar-refractivity contribution in [3.8, 4) is 0 Å². The summed E-state index contributed by atoms with van der Waals surface area (Å²) in [5, 5.41) is 1.36. The molecule has 0 atom stereocenters. The third-order valence-electron chi connectivity index (χ3n) is 3.98. The lowest BCUT2D eigenvalue weighted by atomic mass is 10.0. The number of benzene rings is 1. The maximum absolute atomic E-state index is 4.81. The fourth-order valence-corrected chi connectivity index (χ4v) is 2.97. The first-order chi connectivity index (χ1) is 8.93. The predicted octanol–water partition coefficient (Wildman–Crippen LogP) is 4.67. The summed E-state index contributed by atoms with van der Waals surface area (Å²) in [5.41, 5.74) is 3.99. The van der Waals surface area contributed by atoms with E-state index in [1.54, 1.807) is 0 Å². The summed E-state index contributed by atoms with van der Waals surface area (Å²) in [4.78, 5) is 4.81. The highest BCUT2D eigenvalue weighted by Crippen LogP contribution is 2.22. The molecule has 0 aliphatic heterocycles. The largest absolute Gasteiger partial charge is 0.253 e. The quantitative estimate of drug-likeness (QED) is 0.650. The molecule has 0 unspecified atom stereocenters. The van der Waals surface area contributed by atoms with Gasteiger partial charge >= 0.3 is 0 Å². The van der Waals surface area contributed by atoms with Gasteiger partial charge in [0.15, 0.2) is 0 Å². The third-order valence-corrected chi connectivity index (χ3v) is 3.98. The molecule has 1 heteroatoms. The van der Waals surface area contributed by atoms with Crippen molar-refractivity contribution in [2.24, 2.45) is 0 Å². The van der Waals surface area contributed by atoms with Gasteiger partial charge in [0.25, 0.3) is 0 Å². The van der Waals surface area contributed by atoms with Crippen molar-refractivity contribution in [2.45, 2.75) is 51.4 Å².